The molecule has 0 bridgehead atoms. The Morgan fingerprint density at radius 2 is 1.76 bits per heavy atom. The van der Waals surface area contributed by atoms with Gasteiger partial charge in [0, 0.05) is 11.6 Å². The van der Waals surface area contributed by atoms with Crippen LogP contribution in [0.3, 0.4) is 0 Å². The number of rotatable bonds is 5. The maximum Gasteiger partial charge on any atom is 0.242 e. The molecule has 0 heterocycles. The summed E-state index contributed by atoms with van der Waals surface area (Å²) in [5.41, 5.74) is 1.07. The molecule has 3 nitrogen and oxygen atoms in total. The van der Waals surface area contributed by atoms with Crippen molar-refractivity contribution in [2.45, 2.75) is 17.7 Å². The van der Waals surface area contributed by atoms with Gasteiger partial charge in [-0.25, -0.2) is 13.1 Å². The van der Waals surface area contributed by atoms with Gasteiger partial charge in [-0.1, -0.05) is 60.5 Å². The first-order valence-corrected chi connectivity index (χ1v) is 8.64. The normalized spacial score (nSPS) is 13.1. The molecule has 0 fully saturated rings. The summed E-state index contributed by atoms with van der Waals surface area (Å²) in [6.07, 6.45) is 0. The Labute approximate surface area is 135 Å². The predicted octanol–water partition coefficient (Wildman–Crippen LogP) is 4.08. The molecule has 112 valence electrons. The van der Waals surface area contributed by atoms with Crippen LogP contribution in [0.25, 0.3) is 0 Å². The lowest BCUT2D eigenvalue weighted by Gasteiger charge is -2.14. The summed E-state index contributed by atoms with van der Waals surface area (Å²) in [4.78, 5) is -0.00284. The van der Waals surface area contributed by atoms with E-state index in [9.17, 15) is 8.42 Å². The quantitative estimate of drug-likeness (QED) is 0.889. The van der Waals surface area contributed by atoms with E-state index in [1.165, 1.54) is 12.1 Å². The van der Waals surface area contributed by atoms with Gasteiger partial charge in [-0.15, -0.1) is 0 Å². The van der Waals surface area contributed by atoms with Crippen LogP contribution in [0.4, 0.5) is 0 Å². The van der Waals surface area contributed by atoms with E-state index in [0.717, 1.165) is 5.56 Å². The lowest BCUT2D eigenvalue weighted by Crippen LogP contribution is -2.28. The lowest BCUT2D eigenvalue weighted by molar-refractivity contribution is 0.575. The highest BCUT2D eigenvalue weighted by Gasteiger charge is 2.19. The highest BCUT2D eigenvalue weighted by atomic mass is 35.5. The van der Waals surface area contributed by atoms with Crippen molar-refractivity contribution in [2.75, 3.05) is 6.54 Å². The second-order valence-electron chi connectivity index (χ2n) is 4.74. The van der Waals surface area contributed by atoms with E-state index < -0.39 is 10.0 Å². The second kappa shape index (κ2) is 6.79. The van der Waals surface area contributed by atoms with Crippen LogP contribution in [0.5, 0.6) is 0 Å². The van der Waals surface area contributed by atoms with E-state index in [1.54, 1.807) is 6.07 Å². The van der Waals surface area contributed by atoms with Crippen molar-refractivity contribution < 1.29 is 8.42 Å². The summed E-state index contributed by atoms with van der Waals surface area (Å²) in [6.45, 7) is 2.24. The number of sulfonamides is 1. The Bertz CT molecular complexity index is 718. The van der Waals surface area contributed by atoms with Gasteiger partial charge in [-0.05, 0) is 29.7 Å². The fraction of sp³-hybridized carbons (Fsp3) is 0.200. The van der Waals surface area contributed by atoms with Crippen molar-refractivity contribution in [1.29, 1.82) is 0 Å². The Balaban J connectivity index is 2.13. The Morgan fingerprint density at radius 3 is 2.43 bits per heavy atom. The highest BCUT2D eigenvalue weighted by Crippen LogP contribution is 2.25. The molecule has 0 aliphatic heterocycles. The van der Waals surface area contributed by atoms with E-state index in [4.69, 9.17) is 23.2 Å². The van der Waals surface area contributed by atoms with Gasteiger partial charge in [-0.3, -0.25) is 0 Å². The number of hydrogen-bond donors (Lipinski definition) is 1. The van der Waals surface area contributed by atoms with E-state index >= 15 is 0 Å². The standard InChI is InChI=1S/C15H15Cl2NO2S/c1-11(12-5-3-2-4-6-12)10-18-21(19,20)15-9-13(16)7-8-14(15)17/h2-9,11,18H,10H2,1H3. The molecule has 0 aliphatic carbocycles. The zero-order chi connectivity index (χ0) is 15.5. The minimum atomic E-state index is -3.68. The molecule has 0 spiro atoms. The van der Waals surface area contributed by atoms with Gasteiger partial charge in [-0.2, -0.15) is 0 Å². The van der Waals surface area contributed by atoms with Gasteiger partial charge in [0.25, 0.3) is 0 Å². The van der Waals surface area contributed by atoms with Crippen molar-refractivity contribution in [3.8, 4) is 0 Å². The molecule has 2 rings (SSSR count). The first-order chi connectivity index (χ1) is 9.90. The third kappa shape index (κ3) is 4.20. The van der Waals surface area contributed by atoms with Crippen molar-refractivity contribution in [2.24, 2.45) is 0 Å². The molecule has 0 saturated heterocycles. The minimum Gasteiger partial charge on any atom is -0.211 e. The first-order valence-electron chi connectivity index (χ1n) is 6.40. The van der Waals surface area contributed by atoms with Crippen LogP contribution in [-0.2, 0) is 10.0 Å². The van der Waals surface area contributed by atoms with Crippen molar-refractivity contribution in [3.05, 3.63) is 64.1 Å². The van der Waals surface area contributed by atoms with E-state index in [0.29, 0.717) is 5.02 Å². The Morgan fingerprint density at radius 1 is 1.10 bits per heavy atom. The summed E-state index contributed by atoms with van der Waals surface area (Å²) in [5.74, 6) is 0.0546. The largest absolute Gasteiger partial charge is 0.242 e. The van der Waals surface area contributed by atoms with Crippen molar-refractivity contribution in [1.82, 2.24) is 4.72 Å². The molecular formula is C15H15Cl2NO2S. The van der Waals surface area contributed by atoms with Gasteiger partial charge in [0.2, 0.25) is 10.0 Å². The van der Waals surface area contributed by atoms with Crippen LogP contribution in [0, 0.1) is 0 Å². The van der Waals surface area contributed by atoms with Crippen molar-refractivity contribution >= 4 is 33.2 Å². The molecule has 0 saturated carbocycles. The van der Waals surface area contributed by atoms with Crippen molar-refractivity contribution in [3.63, 3.8) is 0 Å². The Kier molecular flexibility index (Phi) is 5.27. The average molecular weight is 344 g/mol. The lowest BCUT2D eigenvalue weighted by atomic mass is 10.0. The monoisotopic (exact) mass is 343 g/mol. The summed E-state index contributed by atoms with van der Waals surface area (Å²) >= 11 is 11.8. The third-order valence-corrected chi connectivity index (χ3v) is 5.27. The SMILES string of the molecule is CC(CNS(=O)(=O)c1cc(Cl)ccc1Cl)c1ccccc1. The summed E-state index contributed by atoms with van der Waals surface area (Å²) in [5, 5.41) is 0.482. The first kappa shape index (κ1) is 16.3. The number of halogens is 2. The Hall–Kier alpha value is -1.07. The smallest absolute Gasteiger partial charge is 0.211 e. The van der Waals surface area contributed by atoms with Gasteiger partial charge in [0.1, 0.15) is 4.90 Å². The predicted molar refractivity (Wildman–Crippen MR) is 86.5 cm³/mol. The fourth-order valence-corrected chi connectivity index (χ4v) is 3.79. The molecule has 0 aromatic heterocycles. The molecule has 2 aromatic carbocycles. The molecular weight excluding hydrogens is 329 g/mol. The molecule has 0 aliphatic rings. The van der Waals surface area contributed by atoms with Crippen LogP contribution in [-0.4, -0.2) is 15.0 Å². The van der Waals surface area contributed by atoms with E-state index in [1.807, 2.05) is 37.3 Å². The zero-order valence-electron chi connectivity index (χ0n) is 11.4. The topological polar surface area (TPSA) is 46.2 Å². The second-order valence-corrected chi connectivity index (χ2v) is 7.32. The average Bonchev–Trinajstić information content (AvgIpc) is 2.48. The molecule has 1 unspecified atom stereocenters. The van der Waals surface area contributed by atoms with Crippen LogP contribution in [0.2, 0.25) is 10.0 Å². The highest BCUT2D eigenvalue weighted by molar-refractivity contribution is 7.89. The maximum atomic E-state index is 12.3. The zero-order valence-corrected chi connectivity index (χ0v) is 13.7. The van der Waals surface area contributed by atoms with Crippen LogP contribution in [0.1, 0.15) is 18.4 Å². The molecule has 0 amide bonds. The molecule has 6 heteroatoms. The molecule has 0 radical (unpaired) electrons. The number of nitrogens with one attached hydrogen (secondary N) is 1. The van der Waals surface area contributed by atoms with E-state index in [2.05, 4.69) is 4.72 Å². The van der Waals surface area contributed by atoms with E-state index in [-0.39, 0.29) is 22.4 Å². The van der Waals surface area contributed by atoms with Crippen LogP contribution < -0.4 is 4.72 Å². The fourth-order valence-electron chi connectivity index (χ4n) is 1.90. The molecule has 1 N–H and O–H groups in total. The summed E-state index contributed by atoms with van der Waals surface area (Å²) in [6, 6.07) is 14.1. The number of benzene rings is 2. The molecule has 2 aromatic rings. The van der Waals surface area contributed by atoms with Crippen LogP contribution >= 0.6 is 23.2 Å². The van der Waals surface area contributed by atoms with Gasteiger partial charge in [0.15, 0.2) is 0 Å². The summed E-state index contributed by atoms with van der Waals surface area (Å²) < 4.78 is 27.1. The van der Waals surface area contributed by atoms with Crippen LogP contribution in [0.15, 0.2) is 53.4 Å². The maximum absolute atomic E-state index is 12.3. The molecule has 21 heavy (non-hydrogen) atoms. The van der Waals surface area contributed by atoms with Gasteiger partial charge >= 0.3 is 0 Å². The molecule has 1 atom stereocenters. The number of hydrogen-bond acceptors (Lipinski definition) is 2. The van der Waals surface area contributed by atoms with Gasteiger partial charge in [0.05, 0.1) is 5.02 Å². The third-order valence-electron chi connectivity index (χ3n) is 3.13. The summed E-state index contributed by atoms with van der Waals surface area (Å²) in [7, 11) is -3.68. The van der Waals surface area contributed by atoms with Gasteiger partial charge < -0.3 is 0 Å². The minimum absolute atomic E-state index is 0.00284.